The Morgan fingerprint density at radius 3 is 2.55 bits per heavy atom. The molecule has 9 heteroatoms. The molecule has 0 fully saturated rings. The second-order valence-electron chi connectivity index (χ2n) is 6.01. The number of halogens is 1. The Morgan fingerprint density at radius 1 is 1.32 bits per heavy atom. The van der Waals surface area contributed by atoms with Gasteiger partial charge in [-0.3, -0.25) is 0 Å². The van der Waals surface area contributed by atoms with Crippen LogP contribution in [-0.2, 0) is 10.0 Å². The van der Waals surface area contributed by atoms with Crippen LogP contribution in [0.15, 0.2) is 12.4 Å². The Morgan fingerprint density at radius 2 is 1.95 bits per heavy atom. The molecule has 2 aromatic rings. The number of aryl methyl sites for hydroxylation is 1. The summed E-state index contributed by atoms with van der Waals surface area (Å²) in [6.45, 7) is 7.63. The molecular weight excluding hydrogens is 328 g/mol. The fourth-order valence-electron chi connectivity index (χ4n) is 2.13. The molecule has 0 unspecified atom stereocenters. The van der Waals surface area contributed by atoms with E-state index in [1.165, 1.54) is 0 Å². The number of aromatic nitrogens is 3. The van der Waals surface area contributed by atoms with E-state index in [2.05, 4.69) is 10.1 Å². The molecule has 7 nitrogen and oxygen atoms in total. The van der Waals surface area contributed by atoms with Gasteiger partial charge in [0.15, 0.2) is 5.65 Å². The summed E-state index contributed by atoms with van der Waals surface area (Å²) in [5.41, 5.74) is 2.05. The normalized spacial score (nSPS) is 12.2. The number of ether oxygens (including phenoxy) is 1. The van der Waals surface area contributed by atoms with E-state index in [0.717, 1.165) is 16.8 Å². The van der Waals surface area contributed by atoms with E-state index in [1.807, 2.05) is 13.8 Å². The van der Waals surface area contributed by atoms with Crippen LogP contribution < -0.4 is 9.88 Å². The van der Waals surface area contributed by atoms with Crippen molar-refractivity contribution in [3.05, 3.63) is 23.5 Å². The zero-order valence-corrected chi connectivity index (χ0v) is 14.7. The second-order valence-corrected chi connectivity index (χ2v) is 7.63. The van der Waals surface area contributed by atoms with E-state index >= 15 is 0 Å². The van der Waals surface area contributed by atoms with Gasteiger partial charge in [-0.2, -0.15) is 0 Å². The van der Waals surface area contributed by atoms with Gasteiger partial charge in [-0.05, 0) is 13.8 Å². The number of nitrogens with zero attached hydrogens (tertiary/aromatic N) is 3. The van der Waals surface area contributed by atoms with Crippen molar-refractivity contribution in [2.24, 2.45) is 10.6 Å². The summed E-state index contributed by atoms with van der Waals surface area (Å²) in [6.07, 6.45) is 3.41. The quantitative estimate of drug-likeness (QED) is 0.881. The summed E-state index contributed by atoms with van der Waals surface area (Å²) in [7, 11) is -3.55. The summed E-state index contributed by atoms with van der Waals surface area (Å²) >= 11 is 0. The first-order valence-electron chi connectivity index (χ1n) is 6.53. The highest BCUT2D eigenvalue weighted by Crippen LogP contribution is 2.24. The molecule has 0 atom stereocenters. The first kappa shape index (κ1) is 18.7. The van der Waals surface area contributed by atoms with Gasteiger partial charge in [0, 0.05) is 28.9 Å². The first-order chi connectivity index (χ1) is 9.59. The summed E-state index contributed by atoms with van der Waals surface area (Å²) in [6, 6.07) is 0. The molecule has 2 aromatic heterocycles. The number of nitrogens with two attached hydrogens (primary N) is 1. The molecular formula is C13H21ClN4O3S. The first-order valence-corrected chi connectivity index (χ1v) is 8.24. The molecule has 0 aliphatic carbocycles. The molecule has 0 saturated carbocycles. The predicted molar refractivity (Wildman–Crippen MR) is 87.0 cm³/mol. The van der Waals surface area contributed by atoms with Gasteiger partial charge in [-0.25, -0.2) is 23.1 Å². The van der Waals surface area contributed by atoms with Gasteiger partial charge < -0.3 is 4.74 Å². The molecule has 0 saturated heterocycles. The maximum absolute atomic E-state index is 11.2. The lowest BCUT2D eigenvalue weighted by Crippen LogP contribution is -2.34. The maximum atomic E-state index is 11.2. The predicted octanol–water partition coefficient (Wildman–Crippen LogP) is 1.46. The van der Waals surface area contributed by atoms with Crippen LogP contribution in [-0.4, -0.2) is 35.4 Å². The number of hydrogen-bond donors (Lipinski definition) is 1. The Balaban J connectivity index is 0.00000242. The molecule has 0 radical (unpaired) electrons. The molecule has 22 heavy (non-hydrogen) atoms. The molecule has 0 aliphatic heterocycles. The summed E-state index contributed by atoms with van der Waals surface area (Å²) in [5, 5.41) is 9.44. The molecule has 2 N–H and O–H groups in total. The lowest BCUT2D eigenvalue weighted by atomic mass is 9.98. The highest BCUT2D eigenvalue weighted by molar-refractivity contribution is 7.89. The average Bonchev–Trinajstić information content (AvgIpc) is 2.77. The molecule has 124 valence electrons. The fraction of sp³-hybridized carbons (Fsp3) is 0.538. The van der Waals surface area contributed by atoms with Crippen molar-refractivity contribution in [2.75, 3.05) is 12.4 Å². The Kier molecular flexibility index (Phi) is 5.42. The van der Waals surface area contributed by atoms with Crippen LogP contribution >= 0.6 is 12.4 Å². The third-order valence-corrected chi connectivity index (χ3v) is 4.41. The number of imidazole rings is 1. The van der Waals surface area contributed by atoms with Gasteiger partial charge in [-0.15, -0.1) is 17.5 Å². The fourth-order valence-corrected chi connectivity index (χ4v) is 3.31. The minimum absolute atomic E-state index is 0. The van der Waals surface area contributed by atoms with Crippen molar-refractivity contribution in [3.63, 3.8) is 0 Å². The topological polar surface area (TPSA) is 99.6 Å². The lowest BCUT2D eigenvalue weighted by Gasteiger charge is -2.23. The highest BCUT2D eigenvalue weighted by Gasteiger charge is 2.26. The van der Waals surface area contributed by atoms with Crippen molar-refractivity contribution in [1.29, 1.82) is 0 Å². The van der Waals surface area contributed by atoms with Crippen LogP contribution in [0.4, 0.5) is 0 Å². The van der Waals surface area contributed by atoms with Crippen LogP contribution in [0.5, 0.6) is 5.88 Å². The Bertz CT molecular complexity index is 771. The third-order valence-electron chi connectivity index (χ3n) is 3.23. The van der Waals surface area contributed by atoms with Crippen LogP contribution in [0.2, 0.25) is 0 Å². The van der Waals surface area contributed by atoms with Crippen molar-refractivity contribution in [1.82, 2.24) is 14.6 Å². The summed E-state index contributed by atoms with van der Waals surface area (Å²) < 4.78 is 29.8. The number of primary sulfonamides is 1. The molecule has 0 aliphatic rings. The Hall–Kier alpha value is -1.38. The number of hydrogen-bond acceptors (Lipinski definition) is 5. The van der Waals surface area contributed by atoms with Crippen LogP contribution in [0.3, 0.4) is 0 Å². The smallest absolute Gasteiger partial charge is 0.235 e. The largest absolute Gasteiger partial charge is 0.476 e. The number of sulfonamides is 1. The second kappa shape index (κ2) is 6.39. The van der Waals surface area contributed by atoms with Gasteiger partial charge >= 0.3 is 0 Å². The molecule has 0 amide bonds. The van der Waals surface area contributed by atoms with Gasteiger partial charge in [0.2, 0.25) is 15.9 Å². The average molecular weight is 349 g/mol. The van der Waals surface area contributed by atoms with Crippen LogP contribution in [0.25, 0.3) is 5.65 Å². The van der Waals surface area contributed by atoms with Crippen molar-refractivity contribution >= 4 is 28.1 Å². The lowest BCUT2D eigenvalue weighted by molar-refractivity contribution is 0.190. The van der Waals surface area contributed by atoms with Crippen LogP contribution in [0, 0.1) is 19.3 Å². The van der Waals surface area contributed by atoms with E-state index in [4.69, 9.17) is 9.88 Å². The molecule has 0 spiro atoms. The molecule has 0 aromatic carbocycles. The summed E-state index contributed by atoms with van der Waals surface area (Å²) in [5.74, 6) is 0.325. The highest BCUT2D eigenvalue weighted by atomic mass is 35.5. The van der Waals surface area contributed by atoms with Crippen molar-refractivity contribution in [2.45, 2.75) is 27.7 Å². The van der Waals surface area contributed by atoms with Gasteiger partial charge in [0.1, 0.15) is 0 Å². The van der Waals surface area contributed by atoms with E-state index in [9.17, 15) is 8.42 Å². The van der Waals surface area contributed by atoms with Gasteiger partial charge in [-0.1, -0.05) is 13.8 Å². The molecule has 2 heterocycles. The van der Waals surface area contributed by atoms with E-state index in [1.54, 1.807) is 30.8 Å². The minimum Gasteiger partial charge on any atom is -0.476 e. The molecule has 2 rings (SSSR count). The monoisotopic (exact) mass is 348 g/mol. The SMILES string of the molecule is Cc1c(OCC(C)(C)CS(N)(=O)=O)nn2ccnc2c1C.Cl. The van der Waals surface area contributed by atoms with E-state index < -0.39 is 15.4 Å². The van der Waals surface area contributed by atoms with Crippen molar-refractivity contribution in [3.8, 4) is 5.88 Å². The number of fused-ring (bicyclic) bond motifs is 1. The zero-order valence-electron chi connectivity index (χ0n) is 13.0. The Labute approximate surface area is 136 Å². The zero-order chi connectivity index (χ0) is 15.8. The molecule has 0 bridgehead atoms. The minimum atomic E-state index is -3.55. The number of rotatable bonds is 5. The maximum Gasteiger partial charge on any atom is 0.235 e. The summed E-state index contributed by atoms with van der Waals surface area (Å²) in [4.78, 5) is 4.23. The van der Waals surface area contributed by atoms with E-state index in [0.29, 0.717) is 5.88 Å². The van der Waals surface area contributed by atoms with Crippen molar-refractivity contribution < 1.29 is 13.2 Å². The third kappa shape index (κ3) is 4.31. The van der Waals surface area contributed by atoms with Gasteiger partial charge in [0.25, 0.3) is 0 Å². The van der Waals surface area contributed by atoms with E-state index in [-0.39, 0.29) is 24.8 Å². The van der Waals surface area contributed by atoms with Crippen LogP contribution in [0.1, 0.15) is 25.0 Å². The standard InChI is InChI=1S/C13H20N4O3S.ClH/c1-9-10(2)12(16-17-6-5-15-11(9)17)20-7-13(3,4)8-21(14,18)19;/h5-6H,7-8H2,1-4H3,(H2,14,18,19);1H. The van der Waals surface area contributed by atoms with Gasteiger partial charge in [0.05, 0.1) is 12.4 Å².